The number of amides is 2. The first-order valence-electron chi connectivity index (χ1n) is 7.10. The van der Waals surface area contributed by atoms with E-state index in [4.69, 9.17) is 4.42 Å². The molecule has 0 aliphatic heterocycles. The van der Waals surface area contributed by atoms with Crippen LogP contribution in [0.15, 0.2) is 47.2 Å². The Labute approximate surface area is 127 Å². The van der Waals surface area contributed by atoms with E-state index in [0.29, 0.717) is 13.0 Å². The zero-order valence-corrected chi connectivity index (χ0v) is 12.2. The number of pyridine rings is 1. The topological polar surface area (TPSA) is 84.5 Å². The van der Waals surface area contributed by atoms with Crippen molar-refractivity contribution in [1.82, 2.24) is 25.2 Å². The lowest BCUT2D eigenvalue weighted by Crippen LogP contribution is -2.38. The normalized spacial score (nSPS) is 12.2. The van der Waals surface area contributed by atoms with E-state index < -0.39 is 0 Å². The second-order valence-electron chi connectivity index (χ2n) is 4.93. The number of nitrogens with zero attached hydrogens (tertiary/aromatic N) is 3. The third-order valence-electron chi connectivity index (χ3n) is 3.34. The molecule has 0 aromatic carbocycles. The number of carbonyl (C=O) groups is 1. The summed E-state index contributed by atoms with van der Waals surface area (Å²) in [5.41, 5.74) is 0.799. The first-order chi connectivity index (χ1) is 10.7. The molecular formula is C15H17N5O2. The third kappa shape index (κ3) is 3.08. The maximum atomic E-state index is 11.8. The van der Waals surface area contributed by atoms with Crippen LogP contribution < -0.4 is 10.6 Å². The molecule has 114 valence electrons. The van der Waals surface area contributed by atoms with E-state index in [1.807, 2.05) is 41.8 Å². The molecular weight excluding hydrogens is 282 g/mol. The quantitative estimate of drug-likeness (QED) is 0.754. The van der Waals surface area contributed by atoms with Crippen molar-refractivity contribution in [3.8, 4) is 0 Å². The lowest BCUT2D eigenvalue weighted by molar-refractivity contribution is 0.236. The number of hydrogen-bond donors (Lipinski definition) is 2. The highest BCUT2D eigenvalue weighted by atomic mass is 16.3. The molecule has 0 aliphatic carbocycles. The fourth-order valence-corrected chi connectivity index (χ4v) is 2.21. The van der Waals surface area contributed by atoms with Crippen LogP contribution in [0.1, 0.15) is 24.6 Å². The van der Waals surface area contributed by atoms with Gasteiger partial charge in [0.1, 0.15) is 11.6 Å². The van der Waals surface area contributed by atoms with Crippen molar-refractivity contribution in [2.45, 2.75) is 19.4 Å². The lowest BCUT2D eigenvalue weighted by Gasteiger charge is -2.12. The van der Waals surface area contributed by atoms with E-state index >= 15 is 0 Å². The van der Waals surface area contributed by atoms with E-state index in [1.54, 1.807) is 12.3 Å². The van der Waals surface area contributed by atoms with Crippen molar-refractivity contribution in [3.05, 3.63) is 54.4 Å². The second kappa shape index (κ2) is 6.30. The molecule has 0 saturated carbocycles. The molecule has 0 saturated heterocycles. The standard InChI is InChI=1S/C15H17N5O2/c1-11(12-5-4-10-22-12)17-15(21)16-8-7-14-19-18-13-6-2-3-9-20(13)14/h2-6,9-11H,7-8H2,1H3,(H2,16,17,21)/t11-/m0/s1. The Balaban J connectivity index is 1.49. The van der Waals surface area contributed by atoms with Crippen LogP contribution in [-0.4, -0.2) is 27.2 Å². The van der Waals surface area contributed by atoms with Gasteiger partial charge >= 0.3 is 6.03 Å². The van der Waals surface area contributed by atoms with Gasteiger partial charge in [0.25, 0.3) is 0 Å². The van der Waals surface area contributed by atoms with Gasteiger partial charge in [0.05, 0.1) is 12.3 Å². The fraction of sp³-hybridized carbons (Fsp3) is 0.267. The smallest absolute Gasteiger partial charge is 0.315 e. The van der Waals surface area contributed by atoms with E-state index in [2.05, 4.69) is 20.8 Å². The Morgan fingerprint density at radius 3 is 3.05 bits per heavy atom. The molecule has 0 fully saturated rings. The molecule has 3 aromatic heterocycles. The summed E-state index contributed by atoms with van der Waals surface area (Å²) in [6, 6.07) is 8.93. The fourth-order valence-electron chi connectivity index (χ4n) is 2.21. The van der Waals surface area contributed by atoms with Gasteiger partial charge < -0.3 is 15.1 Å². The van der Waals surface area contributed by atoms with Gasteiger partial charge in [-0.1, -0.05) is 6.07 Å². The summed E-state index contributed by atoms with van der Waals surface area (Å²) in [5, 5.41) is 13.8. The number of aromatic nitrogens is 3. The number of furan rings is 1. The zero-order valence-electron chi connectivity index (χ0n) is 12.2. The van der Waals surface area contributed by atoms with Crippen molar-refractivity contribution in [2.75, 3.05) is 6.54 Å². The van der Waals surface area contributed by atoms with E-state index in [1.165, 1.54) is 0 Å². The Morgan fingerprint density at radius 1 is 1.32 bits per heavy atom. The van der Waals surface area contributed by atoms with Crippen molar-refractivity contribution >= 4 is 11.7 Å². The van der Waals surface area contributed by atoms with Gasteiger partial charge in [-0.05, 0) is 31.2 Å². The van der Waals surface area contributed by atoms with Gasteiger partial charge in [-0.2, -0.15) is 0 Å². The minimum absolute atomic E-state index is 0.177. The molecule has 2 amide bonds. The van der Waals surface area contributed by atoms with Gasteiger partial charge in [0.2, 0.25) is 0 Å². The molecule has 1 atom stereocenters. The first-order valence-corrected chi connectivity index (χ1v) is 7.10. The number of nitrogens with one attached hydrogen (secondary N) is 2. The van der Waals surface area contributed by atoms with Gasteiger partial charge in [-0.15, -0.1) is 10.2 Å². The molecule has 2 N–H and O–H groups in total. The third-order valence-corrected chi connectivity index (χ3v) is 3.34. The van der Waals surface area contributed by atoms with Gasteiger partial charge in [-0.25, -0.2) is 4.79 Å². The van der Waals surface area contributed by atoms with Crippen LogP contribution in [0.5, 0.6) is 0 Å². The van der Waals surface area contributed by atoms with Crippen LogP contribution in [0, 0.1) is 0 Å². The van der Waals surface area contributed by atoms with Crippen LogP contribution in [0.3, 0.4) is 0 Å². The maximum absolute atomic E-state index is 11.8. The molecule has 7 heteroatoms. The highest BCUT2D eigenvalue weighted by Crippen LogP contribution is 2.11. The Morgan fingerprint density at radius 2 is 2.23 bits per heavy atom. The summed E-state index contributed by atoms with van der Waals surface area (Å²) >= 11 is 0. The van der Waals surface area contributed by atoms with Crippen LogP contribution in [0.25, 0.3) is 5.65 Å². The van der Waals surface area contributed by atoms with Crippen LogP contribution >= 0.6 is 0 Å². The number of fused-ring (bicyclic) bond motifs is 1. The van der Waals surface area contributed by atoms with Gasteiger partial charge in [-0.3, -0.25) is 4.40 Å². The molecule has 3 rings (SSSR count). The predicted molar refractivity (Wildman–Crippen MR) is 80.3 cm³/mol. The summed E-state index contributed by atoms with van der Waals surface area (Å²) in [7, 11) is 0. The largest absolute Gasteiger partial charge is 0.467 e. The number of rotatable bonds is 5. The van der Waals surface area contributed by atoms with E-state index in [0.717, 1.165) is 17.2 Å². The number of carbonyl (C=O) groups excluding carboxylic acids is 1. The maximum Gasteiger partial charge on any atom is 0.315 e. The zero-order chi connectivity index (χ0) is 15.4. The van der Waals surface area contributed by atoms with E-state index in [9.17, 15) is 4.79 Å². The van der Waals surface area contributed by atoms with Gasteiger partial charge in [0.15, 0.2) is 5.65 Å². The summed E-state index contributed by atoms with van der Waals surface area (Å²) in [6.45, 7) is 2.34. The molecule has 0 radical (unpaired) electrons. The Kier molecular flexibility index (Phi) is 4.04. The first kappa shape index (κ1) is 14.1. The highest BCUT2D eigenvalue weighted by Gasteiger charge is 2.11. The SMILES string of the molecule is C[C@H](NC(=O)NCCc1nnc2ccccn12)c1ccco1. The van der Waals surface area contributed by atoms with Crippen molar-refractivity contribution in [1.29, 1.82) is 0 Å². The molecule has 22 heavy (non-hydrogen) atoms. The summed E-state index contributed by atoms with van der Waals surface area (Å²) in [5.74, 6) is 1.54. The van der Waals surface area contributed by atoms with Crippen molar-refractivity contribution in [3.63, 3.8) is 0 Å². The molecule has 0 unspecified atom stereocenters. The predicted octanol–water partition coefficient (Wildman–Crippen LogP) is 1.93. The lowest BCUT2D eigenvalue weighted by atomic mass is 10.2. The van der Waals surface area contributed by atoms with Gasteiger partial charge in [0, 0.05) is 19.2 Å². The highest BCUT2D eigenvalue weighted by molar-refractivity contribution is 5.74. The minimum atomic E-state index is -0.238. The summed E-state index contributed by atoms with van der Waals surface area (Å²) in [6.07, 6.45) is 4.10. The van der Waals surface area contributed by atoms with Crippen LogP contribution in [0.2, 0.25) is 0 Å². The Bertz CT molecular complexity index is 750. The molecule has 0 aliphatic rings. The van der Waals surface area contributed by atoms with Crippen molar-refractivity contribution in [2.24, 2.45) is 0 Å². The number of hydrogen-bond acceptors (Lipinski definition) is 4. The monoisotopic (exact) mass is 299 g/mol. The number of urea groups is 1. The molecule has 3 aromatic rings. The van der Waals surface area contributed by atoms with Crippen LogP contribution in [0.4, 0.5) is 4.79 Å². The minimum Gasteiger partial charge on any atom is -0.467 e. The van der Waals surface area contributed by atoms with Crippen molar-refractivity contribution < 1.29 is 9.21 Å². The average Bonchev–Trinajstić information content (AvgIpc) is 3.17. The molecule has 0 bridgehead atoms. The molecule has 7 nitrogen and oxygen atoms in total. The Hall–Kier alpha value is -2.83. The van der Waals surface area contributed by atoms with Crippen LogP contribution in [-0.2, 0) is 6.42 Å². The summed E-state index contributed by atoms with van der Waals surface area (Å²) in [4.78, 5) is 11.8. The molecule has 3 heterocycles. The van der Waals surface area contributed by atoms with E-state index in [-0.39, 0.29) is 12.1 Å². The summed E-state index contributed by atoms with van der Waals surface area (Å²) < 4.78 is 7.15. The second-order valence-corrected chi connectivity index (χ2v) is 4.93. The average molecular weight is 299 g/mol. The molecule has 0 spiro atoms.